The van der Waals surface area contributed by atoms with E-state index in [1.807, 2.05) is 6.92 Å². The topological polar surface area (TPSA) is 38.9 Å². The van der Waals surface area contributed by atoms with Gasteiger partial charge in [-0.1, -0.05) is 12.1 Å². The van der Waals surface area contributed by atoms with Crippen LogP contribution in [0.3, 0.4) is 0 Å². The first kappa shape index (κ1) is 10.2. The number of rotatable bonds is 1. The normalized spacial score (nSPS) is 10.6. The fourth-order valence-electron chi connectivity index (χ4n) is 1.41. The lowest BCUT2D eigenvalue weighted by atomic mass is 10.1. The van der Waals surface area contributed by atoms with Gasteiger partial charge in [-0.3, -0.25) is 0 Å². The molecular formula is C12H14N2S. The number of anilines is 1. The average Bonchev–Trinajstić information content (AvgIpc) is 2.52. The Morgan fingerprint density at radius 2 is 1.87 bits per heavy atom. The summed E-state index contributed by atoms with van der Waals surface area (Å²) in [6.45, 7) is 6.22. The van der Waals surface area contributed by atoms with Gasteiger partial charge in [0.2, 0.25) is 0 Å². The molecule has 2 rings (SSSR count). The quantitative estimate of drug-likeness (QED) is 0.797. The molecule has 0 radical (unpaired) electrons. The summed E-state index contributed by atoms with van der Waals surface area (Å²) >= 11 is 1.65. The maximum Gasteiger partial charge on any atom is 0.138 e. The maximum absolute atomic E-state index is 5.75. The van der Waals surface area contributed by atoms with Crippen molar-refractivity contribution in [1.82, 2.24) is 4.98 Å². The van der Waals surface area contributed by atoms with Crippen molar-refractivity contribution in [2.75, 3.05) is 5.73 Å². The van der Waals surface area contributed by atoms with Crippen LogP contribution in [0.4, 0.5) is 5.82 Å². The van der Waals surface area contributed by atoms with Crippen molar-refractivity contribution in [3.05, 3.63) is 34.2 Å². The Balaban J connectivity index is 2.49. The molecule has 0 bridgehead atoms. The first-order chi connectivity index (χ1) is 7.08. The minimum atomic E-state index is 0.647. The van der Waals surface area contributed by atoms with Crippen LogP contribution in [0, 0.1) is 20.8 Å². The number of hydrogen-bond acceptors (Lipinski definition) is 3. The monoisotopic (exact) mass is 218 g/mol. The van der Waals surface area contributed by atoms with E-state index in [1.54, 1.807) is 11.3 Å². The average molecular weight is 218 g/mol. The highest BCUT2D eigenvalue weighted by molar-refractivity contribution is 7.15. The first-order valence-corrected chi connectivity index (χ1v) is 5.70. The van der Waals surface area contributed by atoms with Gasteiger partial charge in [-0.05, 0) is 38.0 Å². The second kappa shape index (κ2) is 3.66. The van der Waals surface area contributed by atoms with Crippen molar-refractivity contribution in [2.24, 2.45) is 0 Å². The Morgan fingerprint density at radius 1 is 1.13 bits per heavy atom. The Labute approximate surface area is 93.8 Å². The van der Waals surface area contributed by atoms with Gasteiger partial charge in [0, 0.05) is 10.4 Å². The standard InChI is InChI=1S/C12H14N2S/c1-7-4-5-10(6-8(7)2)12-14-11(13)9(3)15-12/h4-6H,13H2,1-3H3. The van der Waals surface area contributed by atoms with E-state index in [0.29, 0.717) is 5.82 Å². The smallest absolute Gasteiger partial charge is 0.138 e. The van der Waals surface area contributed by atoms with Gasteiger partial charge in [0.25, 0.3) is 0 Å². The molecule has 0 aliphatic heterocycles. The molecular weight excluding hydrogens is 204 g/mol. The van der Waals surface area contributed by atoms with Gasteiger partial charge in [0.1, 0.15) is 10.8 Å². The number of nitrogen functional groups attached to an aromatic ring is 1. The summed E-state index contributed by atoms with van der Waals surface area (Å²) in [4.78, 5) is 5.43. The summed E-state index contributed by atoms with van der Waals surface area (Å²) < 4.78 is 0. The number of nitrogens with two attached hydrogens (primary N) is 1. The van der Waals surface area contributed by atoms with Crippen molar-refractivity contribution in [1.29, 1.82) is 0 Å². The van der Waals surface area contributed by atoms with Gasteiger partial charge in [-0.25, -0.2) is 4.98 Å². The number of thiazole rings is 1. The molecule has 0 spiro atoms. The van der Waals surface area contributed by atoms with E-state index < -0.39 is 0 Å². The van der Waals surface area contributed by atoms with Crippen molar-refractivity contribution in [3.63, 3.8) is 0 Å². The second-order valence-corrected chi connectivity index (χ2v) is 4.96. The molecule has 1 aromatic carbocycles. The highest BCUT2D eigenvalue weighted by Crippen LogP contribution is 2.29. The highest BCUT2D eigenvalue weighted by atomic mass is 32.1. The second-order valence-electron chi connectivity index (χ2n) is 3.76. The molecule has 1 heterocycles. The van der Waals surface area contributed by atoms with E-state index in [4.69, 9.17) is 5.73 Å². The van der Waals surface area contributed by atoms with Crippen molar-refractivity contribution < 1.29 is 0 Å². The van der Waals surface area contributed by atoms with E-state index in [1.165, 1.54) is 11.1 Å². The van der Waals surface area contributed by atoms with Crippen LogP contribution in [-0.4, -0.2) is 4.98 Å². The number of nitrogens with zero attached hydrogens (tertiary/aromatic N) is 1. The summed E-state index contributed by atoms with van der Waals surface area (Å²) in [5, 5.41) is 1.01. The Bertz CT molecular complexity index is 481. The molecule has 3 heteroatoms. The fourth-order valence-corrected chi connectivity index (χ4v) is 2.24. The molecule has 0 amide bonds. The predicted molar refractivity (Wildman–Crippen MR) is 66.2 cm³/mol. The van der Waals surface area contributed by atoms with Crippen LogP contribution >= 0.6 is 11.3 Å². The van der Waals surface area contributed by atoms with Gasteiger partial charge in [-0.2, -0.15) is 0 Å². The third-order valence-electron chi connectivity index (χ3n) is 2.59. The van der Waals surface area contributed by atoms with Crippen LogP contribution in [0.2, 0.25) is 0 Å². The fraction of sp³-hybridized carbons (Fsp3) is 0.250. The molecule has 2 aromatic rings. The summed E-state index contributed by atoms with van der Waals surface area (Å²) in [5.74, 6) is 0.647. The molecule has 1 aromatic heterocycles. The van der Waals surface area contributed by atoms with E-state index >= 15 is 0 Å². The van der Waals surface area contributed by atoms with Gasteiger partial charge >= 0.3 is 0 Å². The van der Waals surface area contributed by atoms with E-state index in [0.717, 1.165) is 15.4 Å². The lowest BCUT2D eigenvalue weighted by molar-refractivity contribution is 1.33. The highest BCUT2D eigenvalue weighted by Gasteiger charge is 2.07. The predicted octanol–water partition coefficient (Wildman–Crippen LogP) is 3.32. The van der Waals surface area contributed by atoms with E-state index in [9.17, 15) is 0 Å². The zero-order chi connectivity index (χ0) is 11.0. The SMILES string of the molecule is Cc1ccc(-c2nc(N)c(C)s2)cc1C. The van der Waals surface area contributed by atoms with Crippen LogP contribution in [0.15, 0.2) is 18.2 Å². The lowest BCUT2D eigenvalue weighted by Crippen LogP contribution is -1.86. The summed E-state index contributed by atoms with van der Waals surface area (Å²) in [5.41, 5.74) is 9.50. The molecule has 0 atom stereocenters. The van der Waals surface area contributed by atoms with Crippen LogP contribution in [-0.2, 0) is 0 Å². The maximum atomic E-state index is 5.75. The van der Waals surface area contributed by atoms with Crippen LogP contribution in [0.25, 0.3) is 10.6 Å². The third-order valence-corrected chi connectivity index (χ3v) is 3.62. The van der Waals surface area contributed by atoms with E-state index in [2.05, 4.69) is 37.0 Å². The number of hydrogen-bond donors (Lipinski definition) is 1. The summed E-state index contributed by atoms with van der Waals surface area (Å²) in [7, 11) is 0. The van der Waals surface area contributed by atoms with Crippen molar-refractivity contribution in [3.8, 4) is 10.6 Å². The molecule has 78 valence electrons. The van der Waals surface area contributed by atoms with E-state index in [-0.39, 0.29) is 0 Å². The molecule has 0 saturated heterocycles. The molecule has 15 heavy (non-hydrogen) atoms. The number of aromatic nitrogens is 1. The molecule has 0 unspecified atom stereocenters. The van der Waals surface area contributed by atoms with Crippen molar-refractivity contribution >= 4 is 17.2 Å². The summed E-state index contributed by atoms with van der Waals surface area (Å²) in [6.07, 6.45) is 0. The van der Waals surface area contributed by atoms with Gasteiger partial charge in [-0.15, -0.1) is 11.3 Å². The lowest BCUT2D eigenvalue weighted by Gasteiger charge is -2.01. The van der Waals surface area contributed by atoms with Crippen LogP contribution in [0.1, 0.15) is 16.0 Å². The molecule has 0 aliphatic carbocycles. The van der Waals surface area contributed by atoms with Crippen LogP contribution < -0.4 is 5.73 Å². The molecule has 2 nitrogen and oxygen atoms in total. The Morgan fingerprint density at radius 3 is 2.40 bits per heavy atom. The molecule has 0 fully saturated rings. The molecule has 2 N–H and O–H groups in total. The van der Waals surface area contributed by atoms with Crippen LogP contribution in [0.5, 0.6) is 0 Å². The zero-order valence-electron chi connectivity index (χ0n) is 9.16. The summed E-state index contributed by atoms with van der Waals surface area (Å²) in [6, 6.07) is 6.38. The zero-order valence-corrected chi connectivity index (χ0v) is 9.98. The minimum Gasteiger partial charge on any atom is -0.383 e. The van der Waals surface area contributed by atoms with Crippen molar-refractivity contribution in [2.45, 2.75) is 20.8 Å². The van der Waals surface area contributed by atoms with Gasteiger partial charge in [0.05, 0.1) is 0 Å². The largest absolute Gasteiger partial charge is 0.383 e. The minimum absolute atomic E-state index is 0.647. The Hall–Kier alpha value is -1.35. The first-order valence-electron chi connectivity index (χ1n) is 4.88. The third kappa shape index (κ3) is 1.88. The molecule has 0 aliphatic rings. The number of aryl methyl sites for hydroxylation is 3. The number of benzene rings is 1. The van der Waals surface area contributed by atoms with Gasteiger partial charge < -0.3 is 5.73 Å². The van der Waals surface area contributed by atoms with Gasteiger partial charge in [0.15, 0.2) is 0 Å². The molecule has 0 saturated carbocycles. The Kier molecular flexibility index (Phi) is 2.49.